The SMILES string of the molecule is CCCN1C(=S)NC(c2ccccn2)C1c1ccc(-c2ccc(Cl)c(Cl)c2)o1. The van der Waals surface area contributed by atoms with Crippen molar-refractivity contribution in [2.24, 2.45) is 0 Å². The lowest BCUT2D eigenvalue weighted by molar-refractivity contribution is 0.275. The van der Waals surface area contributed by atoms with E-state index in [1.165, 1.54) is 0 Å². The molecule has 4 rings (SSSR count). The van der Waals surface area contributed by atoms with Crippen LogP contribution in [0.1, 0.15) is 36.9 Å². The van der Waals surface area contributed by atoms with Gasteiger partial charge in [-0.3, -0.25) is 4.98 Å². The van der Waals surface area contributed by atoms with E-state index in [2.05, 4.69) is 22.1 Å². The van der Waals surface area contributed by atoms with Crippen LogP contribution in [0.3, 0.4) is 0 Å². The number of benzene rings is 1. The first-order valence-corrected chi connectivity index (χ1v) is 10.3. The van der Waals surface area contributed by atoms with E-state index < -0.39 is 0 Å². The lowest BCUT2D eigenvalue weighted by atomic mass is 10.0. The zero-order chi connectivity index (χ0) is 19.7. The number of hydrogen-bond acceptors (Lipinski definition) is 3. The fourth-order valence-electron chi connectivity index (χ4n) is 3.51. The number of aromatic nitrogens is 1. The molecule has 1 aliphatic heterocycles. The number of rotatable bonds is 5. The van der Waals surface area contributed by atoms with Gasteiger partial charge in [0.05, 0.1) is 21.8 Å². The molecule has 2 unspecified atom stereocenters. The van der Waals surface area contributed by atoms with Crippen LogP contribution in [0.2, 0.25) is 10.0 Å². The molecule has 144 valence electrons. The van der Waals surface area contributed by atoms with Crippen LogP contribution in [0.4, 0.5) is 0 Å². The Bertz CT molecular complexity index is 992. The Morgan fingerprint density at radius 2 is 2.00 bits per heavy atom. The van der Waals surface area contributed by atoms with E-state index >= 15 is 0 Å². The average molecular weight is 432 g/mol. The lowest BCUT2D eigenvalue weighted by Gasteiger charge is -2.25. The molecule has 1 saturated heterocycles. The predicted octanol–water partition coefficient (Wildman–Crippen LogP) is 6.03. The van der Waals surface area contributed by atoms with Crippen molar-refractivity contribution in [2.45, 2.75) is 25.4 Å². The normalized spacial score (nSPS) is 19.1. The number of halogens is 2. The Kier molecular flexibility index (Phi) is 5.58. The quantitative estimate of drug-likeness (QED) is 0.499. The molecule has 1 fully saturated rings. The first kappa shape index (κ1) is 19.2. The van der Waals surface area contributed by atoms with Crippen LogP contribution in [0.25, 0.3) is 11.3 Å². The highest BCUT2D eigenvalue weighted by Gasteiger charge is 2.41. The van der Waals surface area contributed by atoms with Crippen LogP contribution in [-0.4, -0.2) is 21.5 Å². The number of hydrogen-bond donors (Lipinski definition) is 1. The van der Waals surface area contributed by atoms with Crippen molar-refractivity contribution in [3.05, 3.63) is 76.2 Å². The van der Waals surface area contributed by atoms with Crippen molar-refractivity contribution in [3.63, 3.8) is 0 Å². The van der Waals surface area contributed by atoms with Crippen LogP contribution in [0, 0.1) is 0 Å². The Hall–Kier alpha value is -2.08. The number of nitrogens with zero attached hydrogens (tertiary/aromatic N) is 2. The minimum Gasteiger partial charge on any atom is -0.459 e. The van der Waals surface area contributed by atoms with Gasteiger partial charge in [0.25, 0.3) is 0 Å². The van der Waals surface area contributed by atoms with Gasteiger partial charge in [0.1, 0.15) is 17.6 Å². The minimum atomic E-state index is -0.0759. The first-order valence-electron chi connectivity index (χ1n) is 9.11. The molecule has 1 aromatic carbocycles. The smallest absolute Gasteiger partial charge is 0.170 e. The second-order valence-electron chi connectivity index (χ2n) is 6.65. The van der Waals surface area contributed by atoms with Gasteiger partial charge in [0.2, 0.25) is 0 Å². The molecule has 28 heavy (non-hydrogen) atoms. The average Bonchev–Trinajstić information content (AvgIpc) is 3.30. The summed E-state index contributed by atoms with van der Waals surface area (Å²) in [6.45, 7) is 2.97. The summed E-state index contributed by atoms with van der Waals surface area (Å²) in [5, 5.41) is 5.15. The molecule has 1 aliphatic rings. The van der Waals surface area contributed by atoms with Crippen molar-refractivity contribution in [1.29, 1.82) is 0 Å². The fraction of sp³-hybridized carbons (Fsp3) is 0.238. The second-order valence-corrected chi connectivity index (χ2v) is 7.85. The molecular formula is C21H19Cl2N3OS. The Balaban J connectivity index is 1.72. The van der Waals surface area contributed by atoms with Crippen LogP contribution in [-0.2, 0) is 0 Å². The Morgan fingerprint density at radius 1 is 1.14 bits per heavy atom. The molecule has 3 aromatic rings. The van der Waals surface area contributed by atoms with Crippen molar-refractivity contribution in [2.75, 3.05) is 6.54 Å². The molecule has 0 bridgehead atoms. The van der Waals surface area contributed by atoms with Crippen molar-refractivity contribution < 1.29 is 4.42 Å². The number of pyridine rings is 1. The van der Waals surface area contributed by atoms with Gasteiger partial charge in [0.15, 0.2) is 5.11 Å². The van der Waals surface area contributed by atoms with Crippen LogP contribution >= 0.6 is 35.4 Å². The zero-order valence-corrected chi connectivity index (χ0v) is 17.6. The van der Waals surface area contributed by atoms with Gasteiger partial charge in [-0.25, -0.2) is 0 Å². The molecular weight excluding hydrogens is 413 g/mol. The maximum Gasteiger partial charge on any atom is 0.170 e. The monoisotopic (exact) mass is 431 g/mol. The third-order valence-corrected chi connectivity index (χ3v) is 5.88. The molecule has 2 atom stereocenters. The van der Waals surface area contributed by atoms with Gasteiger partial charge in [0, 0.05) is 18.3 Å². The summed E-state index contributed by atoms with van der Waals surface area (Å²) in [7, 11) is 0. The summed E-state index contributed by atoms with van der Waals surface area (Å²) in [4.78, 5) is 6.70. The summed E-state index contributed by atoms with van der Waals surface area (Å²) in [6.07, 6.45) is 2.77. The number of furan rings is 1. The van der Waals surface area contributed by atoms with Gasteiger partial charge < -0.3 is 14.6 Å². The summed E-state index contributed by atoms with van der Waals surface area (Å²) >= 11 is 17.8. The summed E-state index contributed by atoms with van der Waals surface area (Å²) < 4.78 is 6.25. The molecule has 0 spiro atoms. The highest BCUT2D eigenvalue weighted by molar-refractivity contribution is 7.80. The zero-order valence-electron chi connectivity index (χ0n) is 15.2. The summed E-state index contributed by atoms with van der Waals surface area (Å²) in [5.74, 6) is 1.57. The van der Waals surface area contributed by atoms with Crippen molar-refractivity contribution in [3.8, 4) is 11.3 Å². The third kappa shape index (κ3) is 3.62. The second kappa shape index (κ2) is 8.11. The Labute approximate surface area is 179 Å². The van der Waals surface area contributed by atoms with E-state index in [1.807, 2.05) is 42.5 Å². The van der Waals surface area contributed by atoms with E-state index in [1.54, 1.807) is 12.3 Å². The summed E-state index contributed by atoms with van der Waals surface area (Å²) in [6, 6.07) is 15.2. The molecule has 4 nitrogen and oxygen atoms in total. The van der Waals surface area contributed by atoms with Crippen LogP contribution < -0.4 is 5.32 Å². The molecule has 0 aliphatic carbocycles. The van der Waals surface area contributed by atoms with Gasteiger partial charge >= 0.3 is 0 Å². The molecule has 1 N–H and O–H groups in total. The highest BCUT2D eigenvalue weighted by atomic mass is 35.5. The van der Waals surface area contributed by atoms with Crippen molar-refractivity contribution in [1.82, 2.24) is 15.2 Å². The fourth-order valence-corrected chi connectivity index (χ4v) is 4.14. The molecule has 0 radical (unpaired) electrons. The van der Waals surface area contributed by atoms with Gasteiger partial charge in [-0.1, -0.05) is 36.2 Å². The molecule has 0 amide bonds. The van der Waals surface area contributed by atoms with E-state index in [-0.39, 0.29) is 12.1 Å². The van der Waals surface area contributed by atoms with Crippen LogP contribution in [0.5, 0.6) is 0 Å². The maximum absolute atomic E-state index is 6.25. The van der Waals surface area contributed by atoms with E-state index in [0.29, 0.717) is 10.0 Å². The third-order valence-electron chi connectivity index (χ3n) is 4.78. The lowest BCUT2D eigenvalue weighted by Crippen LogP contribution is -2.30. The molecule has 0 saturated carbocycles. The summed E-state index contributed by atoms with van der Waals surface area (Å²) in [5.41, 5.74) is 1.81. The largest absolute Gasteiger partial charge is 0.459 e. The standard InChI is InChI=1S/C21H19Cl2N3OS/c1-2-11-26-20(19(25-21(26)28)16-5-3-4-10-24-16)18-9-8-17(27-18)13-6-7-14(22)15(23)12-13/h3-10,12,19-20H,2,11H2,1H3,(H,25,28). The van der Waals surface area contributed by atoms with E-state index in [4.69, 9.17) is 39.8 Å². The molecule has 3 heterocycles. The first-order chi connectivity index (χ1) is 13.6. The van der Waals surface area contributed by atoms with Crippen LogP contribution in [0.15, 0.2) is 59.1 Å². The predicted molar refractivity (Wildman–Crippen MR) is 117 cm³/mol. The maximum atomic E-state index is 6.25. The van der Waals surface area contributed by atoms with Gasteiger partial charge in [-0.2, -0.15) is 0 Å². The highest BCUT2D eigenvalue weighted by Crippen LogP contribution is 2.40. The van der Waals surface area contributed by atoms with Gasteiger partial charge in [-0.15, -0.1) is 0 Å². The van der Waals surface area contributed by atoms with E-state index in [9.17, 15) is 0 Å². The number of thiocarbonyl (C=S) groups is 1. The van der Waals surface area contributed by atoms with E-state index in [0.717, 1.165) is 40.9 Å². The number of nitrogens with one attached hydrogen (secondary N) is 1. The van der Waals surface area contributed by atoms with Gasteiger partial charge in [-0.05, 0) is 61.1 Å². The minimum absolute atomic E-state index is 0.0705. The Morgan fingerprint density at radius 3 is 2.71 bits per heavy atom. The van der Waals surface area contributed by atoms with Crippen molar-refractivity contribution >= 4 is 40.5 Å². The molecule has 2 aromatic heterocycles. The molecule has 7 heteroatoms. The topological polar surface area (TPSA) is 41.3 Å².